The molecule has 0 aliphatic carbocycles. The minimum atomic E-state index is -6.09. The summed E-state index contributed by atoms with van der Waals surface area (Å²) in [6, 6.07) is 7.83. The Bertz CT molecular complexity index is 4730. The Morgan fingerprint density at radius 3 is 1.64 bits per heavy atom. The van der Waals surface area contributed by atoms with E-state index in [1.165, 1.54) is 56.7 Å². The zero-order chi connectivity index (χ0) is 71.9. The Hall–Kier alpha value is -6.50. The van der Waals surface area contributed by atoms with Crippen LogP contribution in [0.1, 0.15) is 69.9 Å². The number of halogens is 4. The third kappa shape index (κ3) is 18.3. The second kappa shape index (κ2) is 31.4. The van der Waals surface area contributed by atoms with E-state index in [-0.39, 0.29) is 135 Å². The fourth-order valence-electron chi connectivity index (χ4n) is 11.7. The number of rotatable bonds is 35. The van der Waals surface area contributed by atoms with Gasteiger partial charge in [0.2, 0.25) is 23.1 Å². The largest absolute Gasteiger partial charge is 0.748 e. The first kappa shape index (κ1) is 77.8. The molecule has 5 aromatic rings. The summed E-state index contributed by atoms with van der Waals surface area (Å²) in [5.41, 5.74) is -1.43. The molecule has 5 aromatic carbocycles. The molecule has 0 saturated carbocycles. The summed E-state index contributed by atoms with van der Waals surface area (Å²) in [5.74, 6) is -14.5. The molecule has 0 amide bonds. The van der Waals surface area contributed by atoms with E-state index in [1.54, 1.807) is 35.5 Å². The van der Waals surface area contributed by atoms with Crippen LogP contribution in [0.4, 0.5) is 28.9 Å². The van der Waals surface area contributed by atoms with E-state index in [0.717, 1.165) is 30.3 Å². The molecule has 0 saturated heterocycles. The number of allylic oxidation sites excluding steroid dienone is 8. The number of fused-ring (bicyclic) bond motifs is 6. The molecule has 2 atom stereocenters. The van der Waals surface area contributed by atoms with Gasteiger partial charge in [0.15, 0.2) is 17.3 Å². The highest BCUT2D eigenvalue weighted by molar-refractivity contribution is 7.87. The lowest BCUT2D eigenvalue weighted by Gasteiger charge is -2.31. The fourth-order valence-corrected chi connectivity index (χ4v) is 15.3. The summed E-state index contributed by atoms with van der Waals surface area (Å²) in [6.07, 6.45) is 9.62. The molecule has 2 aliphatic rings. The molecule has 97 heavy (non-hydrogen) atoms. The number of anilines is 1. The highest BCUT2D eigenvalue weighted by atomic mass is 32.2. The molecule has 0 radical (unpaired) electrons. The first-order valence-electron chi connectivity index (χ1n) is 29.1. The SMILES string of the molecule is COCCOCCOCCOCCC1(C)C(/C=C/C=C/C=C/C=C2/N(CCOC)c3cc(S(=O)(=O)[O-])c4ccc(S(=O)(=O)[O-])cc4c3C2(C)CCCS(=O)(=O)[O-])=[N+](CCCCCC(=O)Oc2c(F)c(F)c(S(=O)(=O)[O-])c(F)c2F)c2ccc3c(S(=O)(=O)[O-])cc(S(=O)(=O)[O-])cc3c21. The van der Waals surface area contributed by atoms with Gasteiger partial charge in [0, 0.05) is 85.9 Å². The molecule has 27 nitrogen and oxygen atoms in total. The zero-order valence-electron chi connectivity index (χ0n) is 52.0. The van der Waals surface area contributed by atoms with Crippen LogP contribution in [-0.4, -0.2) is 180 Å². The Morgan fingerprint density at radius 2 is 1.07 bits per heavy atom. The Kier molecular flexibility index (Phi) is 25.2. The molecule has 7 rings (SSSR count). The van der Waals surface area contributed by atoms with Crippen LogP contribution in [0, 0.1) is 23.3 Å². The smallest absolute Gasteiger partial charge is 0.311 e. The highest BCUT2D eigenvalue weighted by Crippen LogP contribution is 2.55. The minimum Gasteiger partial charge on any atom is -0.748 e. The van der Waals surface area contributed by atoms with Crippen molar-refractivity contribution in [1.29, 1.82) is 0 Å². The molecular weight excluding hydrogens is 1420 g/mol. The van der Waals surface area contributed by atoms with Gasteiger partial charge >= 0.3 is 5.97 Å². The maximum absolute atomic E-state index is 14.7. The lowest BCUT2D eigenvalue weighted by molar-refractivity contribution is -0.438. The first-order chi connectivity index (χ1) is 45.2. The van der Waals surface area contributed by atoms with Crippen molar-refractivity contribution in [2.24, 2.45) is 0 Å². The van der Waals surface area contributed by atoms with Gasteiger partial charge in [0.05, 0.1) is 81.4 Å². The number of carbonyl (C=O) groups is 1. The van der Waals surface area contributed by atoms with Crippen molar-refractivity contribution in [3.63, 3.8) is 0 Å². The Morgan fingerprint density at radius 1 is 0.536 bits per heavy atom. The average molecular weight is 1480 g/mol. The van der Waals surface area contributed by atoms with Gasteiger partial charge in [-0.15, -0.1) is 0 Å². The van der Waals surface area contributed by atoms with Crippen LogP contribution in [0.15, 0.2) is 121 Å². The number of hydrogen-bond acceptors (Lipinski definition) is 26. The quantitative estimate of drug-likeness (QED) is 0.00657. The Balaban J connectivity index is 1.30. The number of carbonyl (C=O) groups excluding carboxylic acids is 1. The van der Waals surface area contributed by atoms with Crippen molar-refractivity contribution >= 4 is 105 Å². The molecule has 2 unspecified atom stereocenters. The number of nitrogens with zero attached hydrogens (tertiary/aromatic N) is 2. The van der Waals surface area contributed by atoms with E-state index < -0.39 is 143 Å². The summed E-state index contributed by atoms with van der Waals surface area (Å²) in [4.78, 5) is 8.25. The van der Waals surface area contributed by atoms with E-state index in [2.05, 4.69) is 4.74 Å². The van der Waals surface area contributed by atoms with Gasteiger partial charge in [0.1, 0.15) is 62.0 Å². The maximum Gasteiger partial charge on any atom is 0.311 e. The average Bonchev–Trinajstić information content (AvgIpc) is 1.57. The molecular formula is C60H63F4N2O25S6-5. The van der Waals surface area contributed by atoms with E-state index in [0.29, 0.717) is 30.7 Å². The summed E-state index contributed by atoms with van der Waals surface area (Å²) in [6.45, 7) is 4.28. The number of methoxy groups -OCH3 is 2. The number of ether oxygens (including phenoxy) is 6. The molecule has 0 aromatic heterocycles. The summed E-state index contributed by atoms with van der Waals surface area (Å²) in [7, 11) is -29.6. The number of esters is 1. The van der Waals surface area contributed by atoms with Crippen LogP contribution >= 0.6 is 0 Å². The van der Waals surface area contributed by atoms with Gasteiger partial charge in [-0.1, -0.05) is 36.4 Å². The van der Waals surface area contributed by atoms with E-state index in [1.807, 2.05) is 0 Å². The van der Waals surface area contributed by atoms with Crippen molar-refractivity contribution in [2.45, 2.75) is 94.1 Å². The summed E-state index contributed by atoms with van der Waals surface area (Å²) >= 11 is 0. The fraction of sp³-hybridized carbons (Fsp3) is 0.400. The molecule has 532 valence electrons. The van der Waals surface area contributed by atoms with Crippen LogP contribution in [0.3, 0.4) is 0 Å². The minimum absolute atomic E-state index is 0.00466. The van der Waals surface area contributed by atoms with Gasteiger partial charge in [-0.25, -0.2) is 59.3 Å². The van der Waals surface area contributed by atoms with Crippen LogP contribution in [0.5, 0.6) is 5.75 Å². The topological polar surface area (TPSA) is 422 Å². The van der Waals surface area contributed by atoms with Crippen LogP contribution < -0.4 is 9.64 Å². The highest BCUT2D eigenvalue weighted by Gasteiger charge is 2.49. The normalized spacial score (nSPS) is 17.8. The molecule has 0 fully saturated rings. The molecule has 0 N–H and O–H groups in total. The predicted molar refractivity (Wildman–Crippen MR) is 330 cm³/mol. The maximum atomic E-state index is 14.7. The summed E-state index contributed by atoms with van der Waals surface area (Å²) < 4.78 is 314. The standard InChI is InChI=1S/C60H68F4N2O25S6/c1-59(21-13-33-92(68,69)70)48(66(24-26-86-3)45-37-47(96(80,81)82)40-18-17-38(93(71,72)73)34-42(40)52(45)59)14-9-6-5-7-10-15-49-60(2,22-25-88-29-30-90-32-31-89-28-27-87-4)51-43-35-39(94(74,75)76)36-46(95(77,78)79)41(43)19-20-44(51)65(49)23-12-8-11-16-50(67)91-57-53(61)55(63)58(97(83,84)85)56(64)54(57)62/h5-7,9-10,14-15,17-20,34-37H,8,11-13,16,21-33H2,1-4H3,(H5-,68,69,70,71,72,73,74,75,76,77,78,79,80,81,82,83,84,85)/p-5. The van der Waals surface area contributed by atoms with Crippen molar-refractivity contribution in [2.75, 3.05) is 90.8 Å². The van der Waals surface area contributed by atoms with Crippen LogP contribution in [-0.2, 0) is 100 Å². The third-order valence-corrected chi connectivity index (χ3v) is 21.0. The second-order valence-corrected chi connectivity index (χ2v) is 30.7. The molecule has 0 spiro atoms. The van der Waals surface area contributed by atoms with Gasteiger partial charge in [-0.05, 0) is 110 Å². The van der Waals surface area contributed by atoms with Crippen molar-refractivity contribution in [3.05, 3.63) is 131 Å². The molecule has 37 heteroatoms. The van der Waals surface area contributed by atoms with Gasteiger partial charge in [-0.3, -0.25) is 4.79 Å². The predicted octanol–water partition coefficient (Wildman–Crippen LogP) is 5.98. The van der Waals surface area contributed by atoms with E-state index in [9.17, 15) is 100 Å². The number of unbranched alkanes of at least 4 members (excludes halogenated alkanes) is 2. The third-order valence-electron chi connectivity index (χ3n) is 16.0. The van der Waals surface area contributed by atoms with Crippen molar-refractivity contribution in [3.8, 4) is 5.75 Å². The monoisotopic (exact) mass is 1480 g/mol. The zero-order valence-corrected chi connectivity index (χ0v) is 56.8. The first-order valence-corrected chi connectivity index (χ1v) is 37.7. The van der Waals surface area contributed by atoms with Gasteiger partial charge in [-0.2, -0.15) is 13.4 Å². The molecule has 2 heterocycles. The summed E-state index contributed by atoms with van der Waals surface area (Å²) in [5, 5.41) is -0.832. The van der Waals surface area contributed by atoms with E-state index >= 15 is 0 Å². The second-order valence-electron chi connectivity index (χ2n) is 22.4. The lowest BCUT2D eigenvalue weighted by Crippen LogP contribution is -2.33. The number of hydrogen-bond donors (Lipinski definition) is 0. The van der Waals surface area contributed by atoms with Crippen LogP contribution in [0.2, 0.25) is 0 Å². The Labute approximate surface area is 557 Å². The van der Waals surface area contributed by atoms with Crippen molar-refractivity contribution in [1.82, 2.24) is 0 Å². The van der Waals surface area contributed by atoms with Crippen molar-refractivity contribution < 1.29 is 133 Å². The van der Waals surface area contributed by atoms with E-state index in [4.69, 9.17) is 23.7 Å². The van der Waals surface area contributed by atoms with Crippen LogP contribution in [0.25, 0.3) is 21.5 Å². The molecule has 2 aliphatic heterocycles. The molecule has 0 bridgehead atoms. The van der Waals surface area contributed by atoms with Gasteiger partial charge in [0.25, 0.3) is 0 Å². The lowest BCUT2D eigenvalue weighted by atomic mass is 9.75. The van der Waals surface area contributed by atoms with Gasteiger partial charge < -0.3 is 60.6 Å². The number of benzene rings is 5.